The zero-order valence-corrected chi connectivity index (χ0v) is 16.5. The van der Waals surface area contributed by atoms with Crippen molar-refractivity contribution in [2.24, 2.45) is 0 Å². The molecule has 3 N–H and O–H groups in total. The van der Waals surface area contributed by atoms with Crippen LogP contribution in [-0.2, 0) is 6.54 Å². The fourth-order valence-electron chi connectivity index (χ4n) is 3.24. The summed E-state index contributed by atoms with van der Waals surface area (Å²) in [6.07, 6.45) is 0. The van der Waals surface area contributed by atoms with Crippen LogP contribution in [0.3, 0.4) is 0 Å². The van der Waals surface area contributed by atoms with Crippen molar-refractivity contribution in [3.63, 3.8) is 0 Å². The summed E-state index contributed by atoms with van der Waals surface area (Å²) in [5, 5.41) is 3.00. The number of nitrogens with two attached hydrogens (primary N) is 1. The fourth-order valence-corrected chi connectivity index (χ4v) is 3.24. The average molecular weight is 411 g/mol. The Labute approximate surface area is 172 Å². The van der Waals surface area contributed by atoms with Gasteiger partial charge in [0.2, 0.25) is 11.9 Å². The van der Waals surface area contributed by atoms with Crippen LogP contribution in [0.4, 0.5) is 22.0 Å². The van der Waals surface area contributed by atoms with E-state index in [4.69, 9.17) is 10.2 Å². The lowest BCUT2D eigenvalue weighted by molar-refractivity contribution is 0.0593. The Morgan fingerprint density at radius 2 is 1.83 bits per heavy atom. The van der Waals surface area contributed by atoms with Crippen LogP contribution in [0.25, 0.3) is 0 Å². The number of rotatable bonds is 5. The SMILES string of the molecule is Cc1ccc(C(=O)N2CCN(Cc3nc(N)nc(Nc4ccc(F)cc4)n3)CC2)o1. The van der Waals surface area contributed by atoms with Crippen molar-refractivity contribution in [1.29, 1.82) is 0 Å². The summed E-state index contributed by atoms with van der Waals surface area (Å²) in [7, 11) is 0. The van der Waals surface area contributed by atoms with Crippen LogP contribution < -0.4 is 11.1 Å². The molecular weight excluding hydrogens is 389 g/mol. The third-order valence-electron chi connectivity index (χ3n) is 4.78. The smallest absolute Gasteiger partial charge is 0.289 e. The van der Waals surface area contributed by atoms with Crippen LogP contribution in [0.5, 0.6) is 0 Å². The molecule has 3 aromatic rings. The van der Waals surface area contributed by atoms with E-state index in [-0.39, 0.29) is 17.7 Å². The van der Waals surface area contributed by atoms with Gasteiger partial charge in [-0.15, -0.1) is 0 Å². The summed E-state index contributed by atoms with van der Waals surface area (Å²) in [5.74, 6) is 1.58. The molecule has 1 saturated heterocycles. The summed E-state index contributed by atoms with van der Waals surface area (Å²) in [4.78, 5) is 29.1. The Morgan fingerprint density at radius 1 is 1.10 bits per heavy atom. The molecule has 156 valence electrons. The number of piperazine rings is 1. The second-order valence-electron chi connectivity index (χ2n) is 7.04. The van der Waals surface area contributed by atoms with E-state index in [0.29, 0.717) is 55.9 Å². The molecule has 0 bridgehead atoms. The number of nitrogen functional groups attached to an aromatic ring is 1. The van der Waals surface area contributed by atoms with E-state index in [1.165, 1.54) is 12.1 Å². The van der Waals surface area contributed by atoms with Gasteiger partial charge in [0, 0.05) is 31.9 Å². The monoisotopic (exact) mass is 411 g/mol. The first-order chi connectivity index (χ1) is 14.5. The maximum atomic E-state index is 13.1. The van der Waals surface area contributed by atoms with Crippen molar-refractivity contribution in [2.75, 3.05) is 37.2 Å². The summed E-state index contributed by atoms with van der Waals surface area (Å²) in [6.45, 7) is 4.82. The number of nitrogens with one attached hydrogen (secondary N) is 1. The Hall–Kier alpha value is -3.53. The van der Waals surface area contributed by atoms with E-state index >= 15 is 0 Å². The molecule has 0 saturated carbocycles. The molecule has 30 heavy (non-hydrogen) atoms. The van der Waals surface area contributed by atoms with E-state index in [1.807, 2.05) is 6.92 Å². The molecule has 1 aromatic carbocycles. The third kappa shape index (κ3) is 4.71. The van der Waals surface area contributed by atoms with Crippen LogP contribution in [0.1, 0.15) is 22.1 Å². The van der Waals surface area contributed by atoms with E-state index in [0.717, 1.165) is 5.76 Å². The van der Waals surface area contributed by atoms with Gasteiger partial charge in [-0.05, 0) is 43.3 Å². The molecule has 2 aromatic heterocycles. The molecule has 0 unspecified atom stereocenters. The summed E-state index contributed by atoms with van der Waals surface area (Å²) >= 11 is 0. The second kappa shape index (κ2) is 8.46. The first-order valence-electron chi connectivity index (χ1n) is 9.57. The van der Waals surface area contributed by atoms with Crippen LogP contribution in [0, 0.1) is 12.7 Å². The van der Waals surface area contributed by atoms with Gasteiger partial charge in [0.1, 0.15) is 17.4 Å². The number of aromatic nitrogens is 3. The Bertz CT molecular complexity index is 1030. The number of hydrogen-bond acceptors (Lipinski definition) is 8. The molecule has 0 radical (unpaired) electrons. The Morgan fingerprint density at radius 3 is 2.50 bits per heavy atom. The lowest BCUT2D eigenvalue weighted by Gasteiger charge is -2.33. The van der Waals surface area contributed by atoms with Gasteiger partial charge in [0.15, 0.2) is 5.76 Å². The number of aryl methyl sites for hydroxylation is 1. The molecule has 9 nitrogen and oxygen atoms in total. The van der Waals surface area contributed by atoms with Crippen LogP contribution in [-0.4, -0.2) is 56.8 Å². The Balaban J connectivity index is 1.36. The predicted octanol–water partition coefficient (Wildman–Crippen LogP) is 2.20. The highest BCUT2D eigenvalue weighted by atomic mass is 19.1. The van der Waals surface area contributed by atoms with Crippen LogP contribution >= 0.6 is 0 Å². The lowest BCUT2D eigenvalue weighted by Crippen LogP contribution is -2.48. The zero-order valence-electron chi connectivity index (χ0n) is 16.5. The highest BCUT2D eigenvalue weighted by Gasteiger charge is 2.24. The fraction of sp³-hybridized carbons (Fsp3) is 0.300. The first-order valence-corrected chi connectivity index (χ1v) is 9.57. The van der Waals surface area contributed by atoms with Gasteiger partial charge < -0.3 is 20.4 Å². The highest BCUT2D eigenvalue weighted by Crippen LogP contribution is 2.16. The number of amides is 1. The topological polar surface area (TPSA) is 113 Å². The van der Waals surface area contributed by atoms with Crippen molar-refractivity contribution < 1.29 is 13.6 Å². The molecule has 0 aliphatic carbocycles. The van der Waals surface area contributed by atoms with Crippen molar-refractivity contribution >= 4 is 23.5 Å². The minimum atomic E-state index is -0.323. The van der Waals surface area contributed by atoms with Crippen LogP contribution in [0.2, 0.25) is 0 Å². The summed E-state index contributed by atoms with van der Waals surface area (Å²) in [5.41, 5.74) is 6.47. The highest BCUT2D eigenvalue weighted by molar-refractivity contribution is 5.91. The van der Waals surface area contributed by atoms with Crippen LogP contribution in [0.15, 0.2) is 40.8 Å². The standard InChI is InChI=1S/C20H22FN7O2/c1-13-2-7-16(30-13)18(29)28-10-8-27(9-11-28)12-17-24-19(22)26-20(25-17)23-15-5-3-14(21)4-6-15/h2-7H,8-12H2,1H3,(H3,22,23,24,25,26). The Kier molecular flexibility index (Phi) is 5.57. The van der Waals surface area contributed by atoms with Crippen molar-refractivity contribution in [2.45, 2.75) is 13.5 Å². The molecule has 3 heterocycles. The first kappa shape index (κ1) is 19.8. The van der Waals surface area contributed by atoms with Gasteiger partial charge in [-0.25, -0.2) is 4.39 Å². The van der Waals surface area contributed by atoms with Gasteiger partial charge in [0.25, 0.3) is 5.91 Å². The summed E-state index contributed by atoms with van der Waals surface area (Å²) < 4.78 is 18.5. The number of benzene rings is 1. The lowest BCUT2D eigenvalue weighted by atomic mass is 10.3. The molecule has 1 aliphatic heterocycles. The summed E-state index contributed by atoms with van der Waals surface area (Å²) in [6, 6.07) is 9.36. The minimum absolute atomic E-state index is 0.0991. The molecule has 1 aliphatic rings. The number of furan rings is 1. The number of nitrogens with zero attached hydrogens (tertiary/aromatic N) is 5. The van der Waals surface area contributed by atoms with Crippen molar-refractivity contribution in [3.05, 3.63) is 59.6 Å². The number of carbonyl (C=O) groups is 1. The second-order valence-corrected chi connectivity index (χ2v) is 7.04. The maximum Gasteiger partial charge on any atom is 0.289 e. The van der Waals surface area contributed by atoms with E-state index < -0.39 is 0 Å². The molecule has 10 heteroatoms. The van der Waals surface area contributed by atoms with Gasteiger partial charge in [-0.1, -0.05) is 0 Å². The van der Waals surface area contributed by atoms with Crippen molar-refractivity contribution in [3.8, 4) is 0 Å². The van der Waals surface area contributed by atoms with Gasteiger partial charge in [0.05, 0.1) is 6.54 Å². The largest absolute Gasteiger partial charge is 0.456 e. The molecule has 0 atom stereocenters. The van der Waals surface area contributed by atoms with Gasteiger partial charge in [-0.2, -0.15) is 15.0 Å². The normalized spacial score (nSPS) is 14.7. The molecule has 1 fully saturated rings. The molecule has 0 spiro atoms. The quantitative estimate of drug-likeness (QED) is 0.657. The van der Waals surface area contributed by atoms with Gasteiger partial charge in [-0.3, -0.25) is 9.69 Å². The minimum Gasteiger partial charge on any atom is -0.456 e. The van der Waals surface area contributed by atoms with E-state index in [9.17, 15) is 9.18 Å². The predicted molar refractivity (Wildman–Crippen MR) is 109 cm³/mol. The van der Waals surface area contributed by atoms with E-state index in [1.54, 1.807) is 29.2 Å². The zero-order chi connectivity index (χ0) is 21.1. The van der Waals surface area contributed by atoms with Gasteiger partial charge >= 0.3 is 0 Å². The number of halogens is 1. The molecule has 4 rings (SSSR count). The van der Waals surface area contributed by atoms with Crippen molar-refractivity contribution in [1.82, 2.24) is 24.8 Å². The van der Waals surface area contributed by atoms with E-state index in [2.05, 4.69) is 25.2 Å². The number of carbonyl (C=O) groups excluding carboxylic acids is 1. The molecular formula is C20H22FN7O2. The third-order valence-corrected chi connectivity index (χ3v) is 4.78. The number of anilines is 3. The maximum absolute atomic E-state index is 13.1. The number of hydrogen-bond donors (Lipinski definition) is 2. The molecule has 1 amide bonds. The average Bonchev–Trinajstić information content (AvgIpc) is 3.16.